The van der Waals surface area contributed by atoms with E-state index >= 15 is 0 Å². The van der Waals surface area contributed by atoms with Crippen LogP contribution in [0.15, 0.2) is 17.5 Å². The third-order valence-corrected chi connectivity index (χ3v) is 2.62. The number of carbonyl (C=O) groups excluding carboxylic acids is 1. The van der Waals surface area contributed by atoms with Crippen molar-refractivity contribution in [2.45, 2.75) is 32.4 Å². The molecule has 3 N–H and O–H groups in total. The molecular weight excluding hydrogens is 246 g/mol. The fourth-order valence-electron chi connectivity index (χ4n) is 1.61. The Morgan fingerprint density at radius 1 is 1.68 bits per heavy atom. The second-order valence-corrected chi connectivity index (χ2v) is 4.44. The van der Waals surface area contributed by atoms with Crippen LogP contribution in [0.5, 0.6) is 0 Å². The number of amides is 1. The molecule has 1 heterocycles. The first-order valence-electron chi connectivity index (χ1n) is 6.14. The summed E-state index contributed by atoms with van der Waals surface area (Å²) in [5.74, 6) is -0.452. The molecule has 0 aliphatic heterocycles. The zero-order chi connectivity index (χ0) is 14.3. The fraction of sp³-hybridized carbons (Fsp3) is 0.636. The number of nitrogens with zero attached hydrogens (tertiary/aromatic N) is 5. The van der Waals surface area contributed by atoms with Crippen LogP contribution >= 0.6 is 0 Å². The summed E-state index contributed by atoms with van der Waals surface area (Å²) in [6.45, 7) is 4.94. The van der Waals surface area contributed by atoms with Crippen LogP contribution in [-0.4, -0.2) is 28.8 Å². The van der Waals surface area contributed by atoms with Crippen molar-refractivity contribution in [1.82, 2.24) is 15.1 Å². The van der Waals surface area contributed by atoms with E-state index in [0.717, 1.165) is 5.56 Å². The molecular formula is C11H19N7O. The minimum absolute atomic E-state index is 0.229. The standard InChI is InChI=1S/C11H19N7O/c1-8(2)18-7-9(6-16-18)10(11(12)19)14-4-3-5-15-17-13/h6-8,10,14H,3-5H2,1-2H3,(H2,12,19). The molecule has 0 radical (unpaired) electrons. The SMILES string of the molecule is CC(C)n1cc(C(NCCCN=[N+]=[N-])C(N)=O)cn1. The minimum Gasteiger partial charge on any atom is -0.368 e. The molecule has 0 aliphatic rings. The number of rotatable bonds is 8. The summed E-state index contributed by atoms with van der Waals surface area (Å²) in [6.07, 6.45) is 4.09. The third kappa shape index (κ3) is 4.61. The lowest BCUT2D eigenvalue weighted by molar-refractivity contribution is -0.120. The highest BCUT2D eigenvalue weighted by Crippen LogP contribution is 2.14. The molecule has 8 heteroatoms. The molecule has 0 aliphatic carbocycles. The first kappa shape index (κ1) is 15.0. The van der Waals surface area contributed by atoms with E-state index in [4.69, 9.17) is 11.3 Å². The number of hydrogen-bond acceptors (Lipinski definition) is 4. The highest BCUT2D eigenvalue weighted by atomic mass is 16.1. The molecule has 1 amide bonds. The van der Waals surface area contributed by atoms with Crippen LogP contribution in [0.2, 0.25) is 0 Å². The Bertz CT molecular complexity index is 461. The summed E-state index contributed by atoms with van der Waals surface area (Å²) in [6, 6.07) is -0.342. The van der Waals surface area contributed by atoms with Gasteiger partial charge in [0.1, 0.15) is 6.04 Å². The van der Waals surface area contributed by atoms with Crippen LogP contribution in [-0.2, 0) is 4.79 Å². The van der Waals surface area contributed by atoms with E-state index in [0.29, 0.717) is 19.5 Å². The Balaban J connectivity index is 2.61. The topological polar surface area (TPSA) is 122 Å². The molecule has 1 unspecified atom stereocenters. The van der Waals surface area contributed by atoms with Gasteiger partial charge in [0.2, 0.25) is 5.91 Å². The zero-order valence-electron chi connectivity index (χ0n) is 11.2. The van der Waals surface area contributed by atoms with Crippen molar-refractivity contribution in [3.05, 3.63) is 28.4 Å². The van der Waals surface area contributed by atoms with Gasteiger partial charge in [0.25, 0.3) is 0 Å². The number of aromatic nitrogens is 2. The number of azide groups is 1. The lowest BCUT2D eigenvalue weighted by atomic mass is 10.1. The maximum atomic E-state index is 11.4. The summed E-state index contributed by atoms with van der Waals surface area (Å²) in [4.78, 5) is 14.1. The molecule has 0 bridgehead atoms. The van der Waals surface area contributed by atoms with Crippen molar-refractivity contribution < 1.29 is 4.79 Å². The van der Waals surface area contributed by atoms with Crippen molar-refractivity contribution in [3.63, 3.8) is 0 Å². The van der Waals surface area contributed by atoms with E-state index in [-0.39, 0.29) is 6.04 Å². The number of primary amides is 1. The van der Waals surface area contributed by atoms with E-state index < -0.39 is 11.9 Å². The maximum absolute atomic E-state index is 11.4. The van der Waals surface area contributed by atoms with Crippen LogP contribution in [0.1, 0.15) is 37.9 Å². The molecule has 0 spiro atoms. The monoisotopic (exact) mass is 265 g/mol. The Morgan fingerprint density at radius 3 is 2.95 bits per heavy atom. The van der Waals surface area contributed by atoms with Crippen LogP contribution in [0.3, 0.4) is 0 Å². The molecule has 1 aromatic rings. The molecule has 1 aromatic heterocycles. The quantitative estimate of drug-likeness (QED) is 0.318. The second-order valence-electron chi connectivity index (χ2n) is 4.44. The minimum atomic E-state index is -0.571. The van der Waals surface area contributed by atoms with Gasteiger partial charge in [0, 0.05) is 29.3 Å². The number of nitrogens with two attached hydrogens (primary N) is 1. The Labute approximate surface area is 111 Å². The smallest absolute Gasteiger partial charge is 0.239 e. The average molecular weight is 265 g/mol. The zero-order valence-corrected chi connectivity index (χ0v) is 11.2. The Morgan fingerprint density at radius 2 is 2.42 bits per heavy atom. The molecule has 1 rings (SSSR count). The van der Waals surface area contributed by atoms with Crippen LogP contribution in [0.25, 0.3) is 10.4 Å². The van der Waals surface area contributed by atoms with Gasteiger partial charge < -0.3 is 11.1 Å². The Kier molecular flexibility index (Phi) is 5.84. The molecule has 0 aromatic carbocycles. The Hall–Kier alpha value is -2.05. The van der Waals surface area contributed by atoms with Crippen molar-refractivity contribution in [2.24, 2.45) is 10.8 Å². The van der Waals surface area contributed by atoms with E-state index in [2.05, 4.69) is 20.4 Å². The van der Waals surface area contributed by atoms with E-state index in [9.17, 15) is 4.79 Å². The van der Waals surface area contributed by atoms with Crippen molar-refractivity contribution in [3.8, 4) is 0 Å². The van der Waals surface area contributed by atoms with Gasteiger partial charge >= 0.3 is 0 Å². The number of carbonyl (C=O) groups is 1. The first-order valence-corrected chi connectivity index (χ1v) is 6.14. The molecule has 19 heavy (non-hydrogen) atoms. The van der Waals surface area contributed by atoms with Crippen LogP contribution < -0.4 is 11.1 Å². The van der Waals surface area contributed by atoms with Gasteiger partial charge in [-0.1, -0.05) is 5.11 Å². The summed E-state index contributed by atoms with van der Waals surface area (Å²) in [7, 11) is 0. The van der Waals surface area contributed by atoms with Gasteiger partial charge in [-0.05, 0) is 32.3 Å². The predicted octanol–water partition coefficient (Wildman–Crippen LogP) is 1.28. The average Bonchev–Trinajstić information content (AvgIpc) is 2.82. The molecule has 0 saturated heterocycles. The number of nitrogens with one attached hydrogen (secondary N) is 1. The van der Waals surface area contributed by atoms with Crippen molar-refractivity contribution >= 4 is 5.91 Å². The largest absolute Gasteiger partial charge is 0.368 e. The van der Waals surface area contributed by atoms with Crippen LogP contribution in [0, 0.1) is 0 Å². The van der Waals surface area contributed by atoms with Crippen molar-refractivity contribution in [2.75, 3.05) is 13.1 Å². The first-order chi connectivity index (χ1) is 9.06. The molecule has 104 valence electrons. The summed E-state index contributed by atoms with van der Waals surface area (Å²) >= 11 is 0. The second kappa shape index (κ2) is 7.40. The lowest BCUT2D eigenvalue weighted by Gasteiger charge is -2.13. The molecule has 8 nitrogen and oxygen atoms in total. The molecule has 0 fully saturated rings. The highest BCUT2D eigenvalue weighted by Gasteiger charge is 2.19. The van der Waals surface area contributed by atoms with Gasteiger partial charge in [-0.15, -0.1) is 0 Å². The fourth-order valence-corrected chi connectivity index (χ4v) is 1.61. The lowest BCUT2D eigenvalue weighted by Crippen LogP contribution is -2.34. The third-order valence-electron chi connectivity index (χ3n) is 2.62. The summed E-state index contributed by atoms with van der Waals surface area (Å²) < 4.78 is 1.77. The maximum Gasteiger partial charge on any atom is 0.239 e. The predicted molar refractivity (Wildman–Crippen MR) is 71.2 cm³/mol. The van der Waals surface area contributed by atoms with E-state index in [1.165, 1.54) is 0 Å². The van der Waals surface area contributed by atoms with Gasteiger partial charge in [0.05, 0.1) is 6.20 Å². The van der Waals surface area contributed by atoms with Crippen molar-refractivity contribution in [1.29, 1.82) is 0 Å². The van der Waals surface area contributed by atoms with Gasteiger partial charge in [-0.3, -0.25) is 9.48 Å². The van der Waals surface area contributed by atoms with Gasteiger partial charge in [0.15, 0.2) is 0 Å². The number of hydrogen-bond donors (Lipinski definition) is 2. The van der Waals surface area contributed by atoms with E-state index in [1.807, 2.05) is 13.8 Å². The summed E-state index contributed by atoms with van der Waals surface area (Å²) in [5.41, 5.74) is 14.3. The normalized spacial score (nSPS) is 12.2. The molecule has 1 atom stereocenters. The van der Waals surface area contributed by atoms with E-state index in [1.54, 1.807) is 17.1 Å². The van der Waals surface area contributed by atoms with Gasteiger partial charge in [-0.25, -0.2) is 0 Å². The molecule has 0 saturated carbocycles. The van der Waals surface area contributed by atoms with Gasteiger partial charge in [-0.2, -0.15) is 5.10 Å². The van der Waals surface area contributed by atoms with Crippen LogP contribution in [0.4, 0.5) is 0 Å². The summed E-state index contributed by atoms with van der Waals surface area (Å²) in [5, 5.41) is 10.6. The highest BCUT2D eigenvalue weighted by molar-refractivity contribution is 5.81.